The van der Waals surface area contributed by atoms with Crippen LogP contribution in [0.25, 0.3) is 22.2 Å². The Morgan fingerprint density at radius 3 is 2.44 bits per heavy atom. The molecule has 10 nitrogen and oxygen atoms in total. The third-order valence-electron chi connectivity index (χ3n) is 3.95. The number of aryl methyl sites for hydroxylation is 1. The number of aliphatic carboxylic acids is 1. The van der Waals surface area contributed by atoms with Gasteiger partial charge in [0.15, 0.2) is 5.03 Å². The number of carbonyl (C=O) groups is 1. The number of halogens is 3. The van der Waals surface area contributed by atoms with Crippen molar-refractivity contribution in [1.29, 1.82) is 0 Å². The van der Waals surface area contributed by atoms with Gasteiger partial charge in [0.25, 0.3) is 10.0 Å². The van der Waals surface area contributed by atoms with Gasteiger partial charge in [-0.15, -0.1) is 0 Å². The first kappa shape index (κ1) is 25.2. The van der Waals surface area contributed by atoms with Crippen LogP contribution in [0, 0.1) is 6.92 Å². The van der Waals surface area contributed by atoms with E-state index in [0.717, 1.165) is 27.9 Å². The molecule has 174 valence electrons. The number of aliphatic hydroxyl groups is 2. The number of pyridine rings is 2. The summed E-state index contributed by atoms with van der Waals surface area (Å²) in [5, 5.41) is 25.9. The van der Waals surface area contributed by atoms with Crippen LogP contribution < -0.4 is 4.72 Å². The molecular formula is C18H19F3N4O6S. The number of H-pyrrole nitrogens is 1. The van der Waals surface area contributed by atoms with E-state index >= 15 is 0 Å². The van der Waals surface area contributed by atoms with Crippen molar-refractivity contribution in [3.63, 3.8) is 0 Å². The number of nitrogens with one attached hydrogen (secondary N) is 2. The Hall–Kier alpha value is -3.07. The summed E-state index contributed by atoms with van der Waals surface area (Å²) in [6, 6.07) is 6.88. The van der Waals surface area contributed by atoms with E-state index < -0.39 is 34.9 Å². The maximum atomic E-state index is 12.1. The topological polar surface area (TPSA) is 166 Å². The van der Waals surface area contributed by atoms with E-state index in [4.69, 9.17) is 15.0 Å². The summed E-state index contributed by atoms with van der Waals surface area (Å²) in [4.78, 5) is 20.3. The third kappa shape index (κ3) is 6.46. The number of sulfonamides is 1. The van der Waals surface area contributed by atoms with Crippen molar-refractivity contribution < 1.29 is 41.7 Å². The van der Waals surface area contributed by atoms with Crippen LogP contribution in [0.2, 0.25) is 0 Å². The molecule has 0 aromatic carbocycles. The second kappa shape index (κ2) is 10.0. The van der Waals surface area contributed by atoms with Gasteiger partial charge in [-0.1, -0.05) is 0 Å². The molecule has 0 aliphatic rings. The first-order valence-electron chi connectivity index (χ1n) is 8.84. The first-order chi connectivity index (χ1) is 14.8. The van der Waals surface area contributed by atoms with Crippen molar-refractivity contribution in [2.75, 3.05) is 13.2 Å². The smallest absolute Gasteiger partial charge is 0.475 e. The summed E-state index contributed by atoms with van der Waals surface area (Å²) in [5.41, 5.74) is 3.40. The number of carboxylic acids is 1. The maximum Gasteiger partial charge on any atom is 0.490 e. The predicted octanol–water partition coefficient (Wildman–Crippen LogP) is 1.20. The Labute approximate surface area is 179 Å². The molecule has 1 atom stereocenters. The summed E-state index contributed by atoms with van der Waals surface area (Å²) >= 11 is 0. The number of hydrogen-bond donors (Lipinski definition) is 5. The van der Waals surface area contributed by atoms with Gasteiger partial charge in [0.2, 0.25) is 0 Å². The molecule has 3 heterocycles. The number of carboxylic acid groups (broad SMARTS) is 1. The van der Waals surface area contributed by atoms with Gasteiger partial charge < -0.3 is 20.3 Å². The fourth-order valence-corrected chi connectivity index (χ4v) is 3.45. The predicted molar refractivity (Wildman–Crippen MR) is 106 cm³/mol. The molecule has 0 bridgehead atoms. The van der Waals surface area contributed by atoms with Crippen LogP contribution in [-0.4, -0.2) is 70.1 Å². The molecule has 3 aromatic rings. The van der Waals surface area contributed by atoms with Crippen molar-refractivity contribution in [3.05, 3.63) is 42.4 Å². The third-order valence-corrected chi connectivity index (χ3v) is 5.29. The number of rotatable bonds is 6. The number of nitrogens with zero attached hydrogens (tertiary/aromatic N) is 2. The molecule has 0 radical (unpaired) electrons. The minimum Gasteiger partial charge on any atom is -0.475 e. The maximum absolute atomic E-state index is 12.1. The highest BCUT2D eigenvalue weighted by Gasteiger charge is 2.38. The number of hydrogen-bond acceptors (Lipinski definition) is 7. The molecule has 0 fully saturated rings. The van der Waals surface area contributed by atoms with Gasteiger partial charge in [0.1, 0.15) is 5.65 Å². The van der Waals surface area contributed by atoms with Gasteiger partial charge in [0, 0.05) is 35.6 Å². The summed E-state index contributed by atoms with van der Waals surface area (Å²) in [6.45, 7) is 1.13. The van der Waals surface area contributed by atoms with Gasteiger partial charge in [-0.3, -0.25) is 0 Å². The lowest BCUT2D eigenvalue weighted by Crippen LogP contribution is -2.34. The average molecular weight is 476 g/mol. The van der Waals surface area contributed by atoms with Crippen molar-refractivity contribution in [2.24, 2.45) is 0 Å². The van der Waals surface area contributed by atoms with Gasteiger partial charge in [-0.2, -0.15) is 13.2 Å². The van der Waals surface area contributed by atoms with Crippen LogP contribution in [0.1, 0.15) is 5.69 Å². The SMILES string of the molecule is Cc1cc2c(-c3ccc(S(=O)(=O)NCC(O)CO)nc3)ccnc2[nH]1.O=C(O)C(F)(F)F. The highest BCUT2D eigenvalue weighted by molar-refractivity contribution is 7.89. The quantitative estimate of drug-likeness (QED) is 0.354. The van der Waals surface area contributed by atoms with Crippen molar-refractivity contribution >= 4 is 27.0 Å². The van der Waals surface area contributed by atoms with E-state index in [1.54, 1.807) is 12.3 Å². The molecule has 0 aliphatic carbocycles. The minimum absolute atomic E-state index is 0.156. The van der Waals surface area contributed by atoms with E-state index in [1.165, 1.54) is 12.3 Å². The monoisotopic (exact) mass is 476 g/mol. The lowest BCUT2D eigenvalue weighted by molar-refractivity contribution is -0.192. The van der Waals surface area contributed by atoms with E-state index in [9.17, 15) is 26.7 Å². The van der Waals surface area contributed by atoms with Gasteiger partial charge in [0.05, 0.1) is 12.7 Å². The van der Waals surface area contributed by atoms with E-state index in [2.05, 4.69) is 19.7 Å². The molecule has 32 heavy (non-hydrogen) atoms. The highest BCUT2D eigenvalue weighted by Crippen LogP contribution is 2.27. The Bertz CT molecular complexity index is 1180. The van der Waals surface area contributed by atoms with Crippen molar-refractivity contribution in [2.45, 2.75) is 24.2 Å². The van der Waals surface area contributed by atoms with E-state index in [1.807, 2.05) is 19.1 Å². The fraction of sp³-hybridized carbons (Fsp3) is 0.278. The Kier molecular flexibility index (Phi) is 7.90. The zero-order valence-electron chi connectivity index (χ0n) is 16.5. The second-order valence-electron chi connectivity index (χ2n) is 6.45. The Morgan fingerprint density at radius 1 is 1.25 bits per heavy atom. The van der Waals surface area contributed by atoms with Crippen LogP contribution in [0.3, 0.4) is 0 Å². The van der Waals surface area contributed by atoms with Crippen LogP contribution in [0.5, 0.6) is 0 Å². The molecule has 0 amide bonds. The lowest BCUT2D eigenvalue weighted by Gasteiger charge is -2.10. The molecule has 0 spiro atoms. The summed E-state index contributed by atoms with van der Waals surface area (Å²) < 4.78 is 58.2. The average Bonchev–Trinajstić information content (AvgIpc) is 3.12. The molecular weight excluding hydrogens is 457 g/mol. The first-order valence-corrected chi connectivity index (χ1v) is 10.3. The van der Waals surface area contributed by atoms with Crippen LogP contribution >= 0.6 is 0 Å². The Morgan fingerprint density at radius 2 is 1.91 bits per heavy atom. The lowest BCUT2D eigenvalue weighted by atomic mass is 10.1. The molecule has 5 N–H and O–H groups in total. The number of aromatic nitrogens is 3. The van der Waals surface area contributed by atoms with Crippen LogP contribution in [0.4, 0.5) is 13.2 Å². The van der Waals surface area contributed by atoms with Gasteiger partial charge in [-0.25, -0.2) is 27.9 Å². The van der Waals surface area contributed by atoms with E-state index in [0.29, 0.717) is 0 Å². The molecule has 0 saturated heterocycles. The summed E-state index contributed by atoms with van der Waals surface area (Å²) in [7, 11) is -3.85. The summed E-state index contributed by atoms with van der Waals surface area (Å²) in [6.07, 6.45) is -3.08. The number of aromatic amines is 1. The van der Waals surface area contributed by atoms with Crippen LogP contribution in [0.15, 0.2) is 41.7 Å². The molecule has 0 aliphatic heterocycles. The number of fused-ring (bicyclic) bond motifs is 1. The standard InChI is InChI=1S/C16H18N4O4S.C2HF3O2/c1-10-6-14-13(4-5-17-16(14)20-10)11-2-3-15(18-7-11)25(23,24)19-8-12(22)9-21;3-2(4,5)1(6)7/h2-7,12,19,21-22H,8-9H2,1H3,(H,17,20);(H,6,7). The highest BCUT2D eigenvalue weighted by atomic mass is 32.2. The molecule has 0 saturated carbocycles. The van der Waals surface area contributed by atoms with Gasteiger partial charge >= 0.3 is 12.1 Å². The largest absolute Gasteiger partial charge is 0.490 e. The van der Waals surface area contributed by atoms with Gasteiger partial charge in [-0.05, 0) is 36.8 Å². The fourth-order valence-electron chi connectivity index (χ4n) is 2.45. The van der Waals surface area contributed by atoms with Crippen LogP contribution in [-0.2, 0) is 14.8 Å². The number of alkyl halides is 3. The van der Waals surface area contributed by atoms with Crippen molar-refractivity contribution in [1.82, 2.24) is 19.7 Å². The summed E-state index contributed by atoms with van der Waals surface area (Å²) in [5.74, 6) is -2.76. The Balaban J connectivity index is 0.000000451. The van der Waals surface area contributed by atoms with Crippen molar-refractivity contribution in [3.8, 4) is 11.1 Å². The molecule has 3 aromatic heterocycles. The molecule has 14 heteroatoms. The van der Waals surface area contributed by atoms with E-state index in [-0.39, 0.29) is 11.6 Å². The zero-order valence-corrected chi connectivity index (χ0v) is 17.3. The normalized spacial score (nSPS) is 12.8. The minimum atomic E-state index is -5.08. The molecule has 1 unspecified atom stereocenters. The zero-order chi connectivity index (χ0) is 24.1. The molecule has 3 rings (SSSR count). The second-order valence-corrected chi connectivity index (χ2v) is 8.16. The number of aliphatic hydroxyl groups excluding tert-OH is 2.